The summed E-state index contributed by atoms with van der Waals surface area (Å²) in [5, 5.41) is 0. The van der Waals surface area contributed by atoms with Crippen molar-refractivity contribution in [2.24, 2.45) is 5.73 Å². The normalized spacial score (nSPS) is 11.2. The number of nitrogen functional groups attached to an aromatic ring is 1. The highest BCUT2D eigenvalue weighted by Crippen LogP contribution is 2.30. The number of halogens is 3. The van der Waals surface area contributed by atoms with Crippen molar-refractivity contribution < 1.29 is 27.4 Å². The molecule has 0 aromatic carbocycles. The molecular weight excluding hydrogens is 267 g/mol. The smallest absolute Gasteiger partial charge is 0.462 e. The van der Waals surface area contributed by atoms with E-state index in [2.05, 4.69) is 9.72 Å². The van der Waals surface area contributed by atoms with E-state index >= 15 is 0 Å². The maximum Gasteiger partial charge on any atom is 0.574 e. The Morgan fingerprint density at radius 1 is 1.47 bits per heavy atom. The summed E-state index contributed by atoms with van der Waals surface area (Å²) in [4.78, 5) is 15.0. The maximum absolute atomic E-state index is 12.1. The van der Waals surface area contributed by atoms with Crippen LogP contribution in [0.3, 0.4) is 0 Å². The van der Waals surface area contributed by atoms with Gasteiger partial charge in [-0.2, -0.15) is 0 Å². The van der Waals surface area contributed by atoms with Gasteiger partial charge in [0, 0.05) is 18.3 Å². The first kappa shape index (κ1) is 15.0. The average Bonchev–Trinajstić information content (AvgIpc) is 2.30. The quantitative estimate of drug-likeness (QED) is 0.803. The van der Waals surface area contributed by atoms with Crippen molar-refractivity contribution in [3.8, 4) is 5.88 Å². The van der Waals surface area contributed by atoms with E-state index < -0.39 is 23.9 Å². The van der Waals surface area contributed by atoms with E-state index in [4.69, 9.17) is 16.2 Å². The number of nitrogens with zero attached hydrogens (tertiary/aromatic N) is 1. The van der Waals surface area contributed by atoms with Gasteiger partial charge in [0.05, 0.1) is 12.2 Å². The molecule has 0 saturated carbocycles. The second kappa shape index (κ2) is 5.74. The summed E-state index contributed by atoms with van der Waals surface area (Å²) in [5.74, 6) is -1.79. The molecule has 6 nitrogen and oxygen atoms in total. The third-order valence-electron chi connectivity index (χ3n) is 2.07. The van der Waals surface area contributed by atoms with Crippen LogP contribution in [0.1, 0.15) is 22.8 Å². The third-order valence-corrected chi connectivity index (χ3v) is 2.07. The number of carbonyl (C=O) groups is 1. The van der Waals surface area contributed by atoms with E-state index in [1.807, 2.05) is 0 Å². The highest BCUT2D eigenvalue weighted by Gasteiger charge is 2.34. The van der Waals surface area contributed by atoms with Gasteiger partial charge >= 0.3 is 12.3 Å². The molecule has 1 heterocycles. The monoisotopic (exact) mass is 279 g/mol. The lowest BCUT2D eigenvalue weighted by atomic mass is 10.1. The Morgan fingerprint density at radius 3 is 2.58 bits per heavy atom. The molecule has 0 spiro atoms. The lowest BCUT2D eigenvalue weighted by Crippen LogP contribution is -2.21. The fourth-order valence-corrected chi connectivity index (χ4v) is 1.34. The highest BCUT2D eigenvalue weighted by molar-refractivity contribution is 5.97. The molecule has 0 aliphatic rings. The topological polar surface area (TPSA) is 100 Å². The summed E-state index contributed by atoms with van der Waals surface area (Å²) in [6.07, 6.45) is -3.97. The molecule has 0 atom stereocenters. The minimum absolute atomic E-state index is 0.0417. The third kappa shape index (κ3) is 3.71. The van der Waals surface area contributed by atoms with Crippen LogP contribution in [0.5, 0.6) is 5.88 Å². The fraction of sp³-hybridized carbons (Fsp3) is 0.400. The number of hydrogen-bond acceptors (Lipinski definition) is 6. The molecular formula is C10H12F3N3O3. The lowest BCUT2D eigenvalue weighted by molar-refractivity contribution is -0.275. The van der Waals surface area contributed by atoms with Crippen molar-refractivity contribution in [1.82, 2.24) is 4.98 Å². The summed E-state index contributed by atoms with van der Waals surface area (Å²) in [6.45, 7) is 1.46. The second-order valence-corrected chi connectivity index (χ2v) is 3.35. The predicted molar refractivity (Wildman–Crippen MR) is 59.2 cm³/mol. The van der Waals surface area contributed by atoms with Gasteiger partial charge in [-0.05, 0) is 6.92 Å². The zero-order chi connectivity index (χ0) is 14.6. The predicted octanol–water partition coefficient (Wildman–Crippen LogP) is 1.20. The van der Waals surface area contributed by atoms with Crippen molar-refractivity contribution in [1.29, 1.82) is 0 Å². The SMILES string of the molecule is CCOC(=O)c1c(CN)cnc(OC(F)(F)F)c1N. The van der Waals surface area contributed by atoms with Crippen LogP contribution in [0.15, 0.2) is 6.20 Å². The van der Waals surface area contributed by atoms with Crippen LogP contribution in [0.4, 0.5) is 18.9 Å². The van der Waals surface area contributed by atoms with Crippen LogP contribution in [-0.2, 0) is 11.3 Å². The van der Waals surface area contributed by atoms with E-state index in [9.17, 15) is 18.0 Å². The van der Waals surface area contributed by atoms with Crippen molar-refractivity contribution in [3.05, 3.63) is 17.3 Å². The Kier molecular flexibility index (Phi) is 4.54. The van der Waals surface area contributed by atoms with E-state index in [0.717, 1.165) is 6.20 Å². The van der Waals surface area contributed by atoms with Gasteiger partial charge in [-0.15, -0.1) is 13.2 Å². The molecule has 0 aliphatic carbocycles. The maximum atomic E-state index is 12.1. The Bertz CT molecular complexity index is 477. The van der Waals surface area contributed by atoms with Crippen LogP contribution in [0.25, 0.3) is 0 Å². The van der Waals surface area contributed by atoms with Crippen molar-refractivity contribution in [2.75, 3.05) is 12.3 Å². The Morgan fingerprint density at radius 2 is 2.11 bits per heavy atom. The zero-order valence-electron chi connectivity index (χ0n) is 9.95. The molecule has 1 aromatic heterocycles. The number of nitrogens with two attached hydrogens (primary N) is 2. The van der Waals surface area contributed by atoms with E-state index in [1.54, 1.807) is 6.92 Å². The standard InChI is InChI=1S/C10H12F3N3O3/c1-2-18-9(17)6-5(3-14)4-16-8(7(6)15)19-10(11,12)13/h4H,2-3,14-15H2,1H3. The largest absolute Gasteiger partial charge is 0.574 e. The van der Waals surface area contributed by atoms with Crippen LogP contribution in [0, 0.1) is 0 Å². The first-order valence-corrected chi connectivity index (χ1v) is 5.20. The number of alkyl halides is 3. The molecule has 106 valence electrons. The van der Waals surface area contributed by atoms with Crippen molar-refractivity contribution in [3.63, 3.8) is 0 Å². The first-order chi connectivity index (χ1) is 8.80. The van der Waals surface area contributed by atoms with E-state index in [-0.39, 0.29) is 24.3 Å². The molecule has 4 N–H and O–H groups in total. The number of pyridine rings is 1. The number of esters is 1. The summed E-state index contributed by atoms with van der Waals surface area (Å²) in [5.41, 5.74) is 10.2. The Hall–Kier alpha value is -2.03. The number of carbonyl (C=O) groups excluding carboxylic acids is 1. The molecule has 0 aliphatic heterocycles. The summed E-state index contributed by atoms with van der Waals surface area (Å²) in [7, 11) is 0. The number of aromatic nitrogens is 1. The number of hydrogen-bond donors (Lipinski definition) is 2. The first-order valence-electron chi connectivity index (χ1n) is 5.20. The van der Waals surface area contributed by atoms with Crippen molar-refractivity contribution >= 4 is 11.7 Å². The van der Waals surface area contributed by atoms with E-state index in [1.165, 1.54) is 0 Å². The molecule has 0 amide bonds. The van der Waals surface area contributed by atoms with Gasteiger partial charge in [-0.3, -0.25) is 0 Å². The van der Waals surface area contributed by atoms with Gasteiger partial charge in [-0.1, -0.05) is 0 Å². The number of anilines is 1. The summed E-state index contributed by atoms with van der Waals surface area (Å²) < 4.78 is 44.7. The molecule has 1 aromatic rings. The number of ether oxygens (including phenoxy) is 2. The number of rotatable bonds is 4. The molecule has 19 heavy (non-hydrogen) atoms. The minimum Gasteiger partial charge on any atom is -0.462 e. The van der Waals surface area contributed by atoms with Crippen LogP contribution in [-0.4, -0.2) is 23.9 Å². The molecule has 0 unspecified atom stereocenters. The van der Waals surface area contributed by atoms with Crippen LogP contribution in [0.2, 0.25) is 0 Å². The van der Waals surface area contributed by atoms with Gasteiger partial charge < -0.3 is 20.9 Å². The molecule has 9 heteroatoms. The van der Waals surface area contributed by atoms with Crippen LogP contribution < -0.4 is 16.2 Å². The Labute approximate surface area is 106 Å². The van der Waals surface area contributed by atoms with Gasteiger partial charge in [0.1, 0.15) is 5.69 Å². The summed E-state index contributed by atoms with van der Waals surface area (Å²) in [6, 6.07) is 0. The van der Waals surface area contributed by atoms with Gasteiger partial charge in [-0.25, -0.2) is 9.78 Å². The fourth-order valence-electron chi connectivity index (χ4n) is 1.34. The van der Waals surface area contributed by atoms with Gasteiger partial charge in [0.25, 0.3) is 0 Å². The molecule has 0 radical (unpaired) electrons. The molecule has 1 rings (SSSR count). The zero-order valence-corrected chi connectivity index (χ0v) is 9.95. The lowest BCUT2D eigenvalue weighted by Gasteiger charge is -2.14. The van der Waals surface area contributed by atoms with E-state index in [0.29, 0.717) is 0 Å². The highest BCUT2D eigenvalue weighted by atomic mass is 19.4. The summed E-state index contributed by atoms with van der Waals surface area (Å²) >= 11 is 0. The van der Waals surface area contributed by atoms with Gasteiger partial charge in [0.2, 0.25) is 5.88 Å². The van der Waals surface area contributed by atoms with Crippen LogP contribution >= 0.6 is 0 Å². The molecule has 0 bridgehead atoms. The minimum atomic E-state index is -4.96. The Balaban J connectivity index is 3.25. The average molecular weight is 279 g/mol. The second-order valence-electron chi connectivity index (χ2n) is 3.35. The molecule has 0 fully saturated rings. The molecule has 0 saturated heterocycles. The van der Waals surface area contributed by atoms with Gasteiger partial charge in [0.15, 0.2) is 0 Å². The van der Waals surface area contributed by atoms with Crippen molar-refractivity contribution in [2.45, 2.75) is 19.8 Å².